The van der Waals surface area contributed by atoms with Crippen molar-refractivity contribution in [2.75, 3.05) is 0 Å². The zero-order valence-electron chi connectivity index (χ0n) is 53.4. The third kappa shape index (κ3) is 7.68. The monoisotopic (exact) mass is 982 g/mol. The summed E-state index contributed by atoms with van der Waals surface area (Å²) < 4.78 is 113. The Hall–Kier alpha value is -8.80. The SMILES string of the molecule is [2H]c1c([2H])c([2H])c(-c2cccc3c2-c2cc(C(C)(C)C)cc(-c4c(C([2H])([2H])[2H])cccc4C([2H])([2H])[2H])c2-[n+]2[c-]n(-c4cccc(Oc5ccc6c7ccccc7n(-c7cc(C(C)(C)C)ccn7)c6c5)c4)c4cccc(c42)-c2ccccc2-3)c([2H])c1[2H]. The molecule has 0 amide bonds. The topological polar surface area (TPSA) is 35.9 Å². The van der Waals surface area contributed by atoms with Crippen molar-refractivity contribution in [3.63, 3.8) is 0 Å². The molecule has 0 saturated heterocycles. The van der Waals surface area contributed by atoms with Crippen LogP contribution in [-0.2, 0) is 10.8 Å². The van der Waals surface area contributed by atoms with Gasteiger partial charge in [0.15, 0.2) is 0 Å². The molecule has 0 atom stereocenters. The fraction of sp³-hybridized carbons (Fsp3) is 0.143. The molecule has 0 radical (unpaired) electrons. The van der Waals surface area contributed by atoms with Gasteiger partial charge in [0.25, 0.3) is 6.33 Å². The minimum Gasteiger partial charge on any atom is -0.458 e. The van der Waals surface area contributed by atoms with Crippen molar-refractivity contribution in [1.29, 1.82) is 0 Å². The fourth-order valence-electron chi connectivity index (χ4n) is 11.0. The van der Waals surface area contributed by atoms with Gasteiger partial charge in [-0.2, -0.15) is 0 Å². The van der Waals surface area contributed by atoms with Crippen LogP contribution in [0.25, 0.3) is 106 Å². The van der Waals surface area contributed by atoms with Gasteiger partial charge in [-0.3, -0.25) is 13.7 Å². The number of ether oxygens (including phenoxy) is 1. The number of hydrogen-bond acceptors (Lipinski definition) is 2. The van der Waals surface area contributed by atoms with Crippen molar-refractivity contribution >= 4 is 32.8 Å². The average molecular weight is 982 g/mol. The summed E-state index contributed by atoms with van der Waals surface area (Å²) in [4.78, 5) is 4.88. The first-order valence-corrected chi connectivity index (χ1v) is 25.2. The van der Waals surface area contributed by atoms with E-state index in [2.05, 4.69) is 62.0 Å². The molecule has 364 valence electrons. The first-order valence-electron chi connectivity index (χ1n) is 30.7. The van der Waals surface area contributed by atoms with E-state index in [9.17, 15) is 2.74 Å². The number of nitrogens with zero attached hydrogens (tertiary/aromatic N) is 4. The van der Waals surface area contributed by atoms with Gasteiger partial charge in [-0.1, -0.05) is 187 Å². The van der Waals surface area contributed by atoms with Crippen molar-refractivity contribution in [2.45, 2.75) is 66.1 Å². The average Bonchev–Trinajstić information content (AvgIpc) is 1.41. The molecule has 0 fully saturated rings. The molecule has 12 aromatic rings. The van der Waals surface area contributed by atoms with Crippen LogP contribution in [-0.4, -0.2) is 14.1 Å². The van der Waals surface area contributed by atoms with E-state index < -0.39 is 49.3 Å². The van der Waals surface area contributed by atoms with Gasteiger partial charge >= 0.3 is 0 Å². The quantitative estimate of drug-likeness (QED) is 0.123. The largest absolute Gasteiger partial charge is 0.458 e. The number of pyridine rings is 1. The van der Waals surface area contributed by atoms with Gasteiger partial charge in [0, 0.05) is 31.3 Å². The molecule has 75 heavy (non-hydrogen) atoms. The van der Waals surface area contributed by atoms with E-state index in [1.165, 1.54) is 18.2 Å². The van der Waals surface area contributed by atoms with Crippen molar-refractivity contribution < 1.29 is 24.4 Å². The molecular formula is C70H58N4O. The highest BCUT2D eigenvalue weighted by molar-refractivity contribution is 6.10. The lowest BCUT2D eigenvalue weighted by Gasteiger charge is -2.28. The number of benzene rings is 9. The number of imidazole rings is 1. The predicted octanol–water partition coefficient (Wildman–Crippen LogP) is 17.9. The van der Waals surface area contributed by atoms with Crippen LogP contribution in [0.15, 0.2) is 206 Å². The summed E-state index contributed by atoms with van der Waals surface area (Å²) in [5.74, 6) is 1.89. The fourth-order valence-corrected chi connectivity index (χ4v) is 11.0. The molecule has 3 aromatic heterocycles. The summed E-state index contributed by atoms with van der Waals surface area (Å²) in [5, 5.41) is 2.12. The molecule has 1 aliphatic heterocycles. The predicted molar refractivity (Wildman–Crippen MR) is 310 cm³/mol. The lowest BCUT2D eigenvalue weighted by atomic mass is 9.78. The number of fused-ring (bicyclic) bond motifs is 10. The standard InChI is InChI=1S/C70H58N4O/c1-44-20-16-21-45(2)65(44)59-38-48(70(6,7)8)39-60-66-52(46-22-10-9-11-23-46)29-18-30-57(66)53-26-12-13-27-54(53)58-31-19-33-62-68(58)73(67(59)60)43-72(62)49-24-17-25-50(41-49)75-51-34-35-56-55-28-14-15-32-61(55)74(63(56)42-51)64-40-47(36-37-71-64)69(3,4)5/h9-42H,1-8H3/i1D3,2D3,9D,10D,11D,22D,23D. The highest BCUT2D eigenvalue weighted by Gasteiger charge is 2.31. The van der Waals surface area contributed by atoms with Crippen LogP contribution in [0.3, 0.4) is 0 Å². The zero-order valence-corrected chi connectivity index (χ0v) is 42.4. The summed E-state index contributed by atoms with van der Waals surface area (Å²) >= 11 is 0. The Morgan fingerprint density at radius 1 is 0.520 bits per heavy atom. The van der Waals surface area contributed by atoms with Crippen LogP contribution in [0.4, 0.5) is 0 Å². The molecule has 9 aromatic carbocycles. The van der Waals surface area contributed by atoms with E-state index in [0.29, 0.717) is 61.7 Å². The first kappa shape index (κ1) is 35.4. The smallest absolute Gasteiger partial charge is 0.269 e. The lowest BCUT2D eigenvalue weighted by molar-refractivity contribution is -0.570. The second kappa shape index (κ2) is 17.4. The summed E-state index contributed by atoms with van der Waals surface area (Å²) in [5.41, 5.74) is 9.42. The molecule has 4 heterocycles. The highest BCUT2D eigenvalue weighted by atomic mass is 16.5. The Bertz CT molecular complexity index is 4740. The lowest BCUT2D eigenvalue weighted by Crippen LogP contribution is -2.32. The van der Waals surface area contributed by atoms with Crippen LogP contribution < -0.4 is 9.30 Å². The molecule has 13 rings (SSSR count). The van der Waals surface area contributed by atoms with Gasteiger partial charge in [0.1, 0.15) is 17.3 Å². The van der Waals surface area contributed by atoms with E-state index in [-0.39, 0.29) is 33.2 Å². The molecule has 0 spiro atoms. The molecule has 1 aliphatic rings. The molecule has 0 aliphatic carbocycles. The van der Waals surface area contributed by atoms with Gasteiger partial charge in [-0.05, 0) is 151 Å². The summed E-state index contributed by atoms with van der Waals surface area (Å²) in [6.45, 7) is 6.99. The molecule has 0 N–H and O–H groups in total. The minimum absolute atomic E-state index is 0.00294. The second-order valence-electron chi connectivity index (χ2n) is 21.4. The number of aryl methyl sites for hydroxylation is 2. The normalized spacial score (nSPS) is 14.7. The van der Waals surface area contributed by atoms with Crippen molar-refractivity contribution in [3.8, 4) is 84.3 Å². The van der Waals surface area contributed by atoms with Gasteiger partial charge in [-0.25, -0.2) is 4.98 Å². The number of aromatic nitrogens is 4. The van der Waals surface area contributed by atoms with Crippen LogP contribution in [0, 0.1) is 20.0 Å². The number of hydrogen-bond donors (Lipinski definition) is 0. The van der Waals surface area contributed by atoms with Gasteiger partial charge in [0.2, 0.25) is 0 Å². The van der Waals surface area contributed by atoms with Gasteiger partial charge in [-0.15, -0.1) is 0 Å². The molecule has 0 bridgehead atoms. The Morgan fingerprint density at radius 2 is 1.15 bits per heavy atom. The maximum Gasteiger partial charge on any atom is 0.269 e. The molecule has 0 saturated carbocycles. The van der Waals surface area contributed by atoms with Crippen LogP contribution in [0.5, 0.6) is 11.5 Å². The van der Waals surface area contributed by atoms with E-state index in [1.54, 1.807) is 6.07 Å². The zero-order chi connectivity index (χ0) is 60.7. The van der Waals surface area contributed by atoms with Gasteiger partial charge in [0.05, 0.1) is 40.3 Å². The van der Waals surface area contributed by atoms with Crippen LogP contribution >= 0.6 is 0 Å². The third-order valence-electron chi connectivity index (χ3n) is 14.6. The third-order valence-corrected chi connectivity index (χ3v) is 14.6. The van der Waals surface area contributed by atoms with Crippen molar-refractivity contribution in [1.82, 2.24) is 14.1 Å². The summed E-state index contributed by atoms with van der Waals surface area (Å²) in [7, 11) is 0. The van der Waals surface area contributed by atoms with E-state index in [4.69, 9.17) is 22.1 Å². The summed E-state index contributed by atoms with van der Waals surface area (Å²) in [6.07, 6.45) is 5.61. The maximum atomic E-state index is 9.46. The van der Waals surface area contributed by atoms with E-state index in [1.807, 2.05) is 151 Å². The van der Waals surface area contributed by atoms with Crippen molar-refractivity contribution in [2.24, 2.45) is 0 Å². The Balaban J connectivity index is 1.11. The van der Waals surface area contributed by atoms with Crippen LogP contribution in [0.1, 0.15) is 78.9 Å². The highest BCUT2D eigenvalue weighted by Crippen LogP contribution is 2.50. The maximum absolute atomic E-state index is 9.46. The van der Waals surface area contributed by atoms with E-state index in [0.717, 1.165) is 49.9 Å². The molecule has 5 nitrogen and oxygen atoms in total. The van der Waals surface area contributed by atoms with E-state index >= 15 is 0 Å². The number of para-hydroxylation sites is 2. The van der Waals surface area contributed by atoms with Crippen molar-refractivity contribution in [3.05, 3.63) is 235 Å². The van der Waals surface area contributed by atoms with Gasteiger partial charge < -0.3 is 4.74 Å². The summed E-state index contributed by atoms with van der Waals surface area (Å²) in [6, 6.07) is 51.4. The second-order valence-corrected chi connectivity index (χ2v) is 21.4. The Kier molecular flexibility index (Phi) is 8.22. The molecular weight excluding hydrogens is 913 g/mol. The molecule has 5 heteroatoms. The Labute approximate surface area is 455 Å². The first-order chi connectivity index (χ1) is 40.8. The molecule has 0 unspecified atom stereocenters. The number of rotatable bonds is 6. The Morgan fingerprint density at radius 3 is 1.92 bits per heavy atom. The minimum atomic E-state index is -2.81. The van der Waals surface area contributed by atoms with Crippen LogP contribution in [0.2, 0.25) is 0 Å².